The third-order valence-electron chi connectivity index (χ3n) is 3.19. The van der Waals surface area contributed by atoms with Crippen LogP contribution in [0, 0.1) is 5.82 Å². The van der Waals surface area contributed by atoms with Crippen molar-refractivity contribution < 1.29 is 13.9 Å². The largest absolute Gasteiger partial charge is 0.497 e. The maximum atomic E-state index is 13.7. The molecule has 1 atom stereocenters. The second-order valence-corrected chi connectivity index (χ2v) is 5.95. The molecule has 1 saturated heterocycles. The molecule has 1 N–H and O–H groups in total. The van der Waals surface area contributed by atoms with Gasteiger partial charge in [0.05, 0.1) is 12.7 Å². The molecule has 1 unspecified atom stereocenters. The standard InChI is InChI=1S/C14H18FNO2S/c1-18-10-5-6-12(13(15)8-10)14(17)16-9-11-4-2-3-7-19-11/h5-6,8,11H,2-4,7,9H2,1H3,(H,16,17). The van der Waals surface area contributed by atoms with E-state index in [0.717, 1.165) is 12.2 Å². The third kappa shape index (κ3) is 3.86. The van der Waals surface area contributed by atoms with Gasteiger partial charge >= 0.3 is 0 Å². The maximum absolute atomic E-state index is 13.7. The lowest BCUT2D eigenvalue weighted by molar-refractivity contribution is 0.0949. The number of hydrogen-bond acceptors (Lipinski definition) is 3. The van der Waals surface area contributed by atoms with Crippen molar-refractivity contribution in [3.05, 3.63) is 29.6 Å². The van der Waals surface area contributed by atoms with Crippen LogP contribution in [0.2, 0.25) is 0 Å². The Labute approximate surface area is 116 Å². The van der Waals surface area contributed by atoms with Crippen molar-refractivity contribution in [3.63, 3.8) is 0 Å². The molecule has 0 spiro atoms. The summed E-state index contributed by atoms with van der Waals surface area (Å²) in [5.41, 5.74) is 0.0709. The Morgan fingerprint density at radius 3 is 3.00 bits per heavy atom. The molecule has 0 bridgehead atoms. The van der Waals surface area contributed by atoms with Crippen molar-refractivity contribution in [3.8, 4) is 5.75 Å². The van der Waals surface area contributed by atoms with E-state index in [1.54, 1.807) is 6.07 Å². The average Bonchev–Trinajstić information content (AvgIpc) is 2.45. The first-order valence-electron chi connectivity index (χ1n) is 6.44. The molecule has 0 radical (unpaired) electrons. The number of thioether (sulfide) groups is 1. The van der Waals surface area contributed by atoms with Gasteiger partial charge in [0.25, 0.3) is 5.91 Å². The van der Waals surface area contributed by atoms with Crippen molar-refractivity contribution in [1.29, 1.82) is 0 Å². The Hall–Kier alpha value is -1.23. The van der Waals surface area contributed by atoms with Crippen LogP contribution in [0.1, 0.15) is 29.6 Å². The lowest BCUT2D eigenvalue weighted by Gasteiger charge is -2.21. The number of rotatable bonds is 4. The van der Waals surface area contributed by atoms with Gasteiger partial charge in [-0.25, -0.2) is 4.39 Å². The quantitative estimate of drug-likeness (QED) is 0.923. The minimum Gasteiger partial charge on any atom is -0.497 e. The number of carbonyl (C=O) groups is 1. The predicted molar refractivity (Wildman–Crippen MR) is 75.4 cm³/mol. The number of methoxy groups -OCH3 is 1. The van der Waals surface area contributed by atoms with Crippen molar-refractivity contribution in [2.75, 3.05) is 19.4 Å². The van der Waals surface area contributed by atoms with E-state index in [1.165, 1.54) is 32.1 Å². The molecule has 1 aromatic rings. The predicted octanol–water partition coefficient (Wildman–Crippen LogP) is 2.85. The molecule has 2 rings (SSSR count). The molecule has 0 aliphatic carbocycles. The zero-order valence-corrected chi connectivity index (χ0v) is 11.8. The van der Waals surface area contributed by atoms with E-state index < -0.39 is 5.82 Å². The Kier molecular flexibility index (Phi) is 5.07. The molecule has 0 saturated carbocycles. The zero-order chi connectivity index (χ0) is 13.7. The highest BCUT2D eigenvalue weighted by Gasteiger charge is 2.17. The van der Waals surface area contributed by atoms with Crippen LogP contribution in [-0.2, 0) is 0 Å². The Morgan fingerprint density at radius 1 is 1.53 bits per heavy atom. The smallest absolute Gasteiger partial charge is 0.254 e. The fraction of sp³-hybridized carbons (Fsp3) is 0.500. The van der Waals surface area contributed by atoms with Crippen LogP contribution in [0.15, 0.2) is 18.2 Å². The van der Waals surface area contributed by atoms with E-state index in [4.69, 9.17) is 4.74 Å². The van der Waals surface area contributed by atoms with Gasteiger partial charge in [-0.05, 0) is 30.7 Å². The molecule has 5 heteroatoms. The third-order valence-corrected chi connectivity index (χ3v) is 4.58. The van der Waals surface area contributed by atoms with Gasteiger partial charge in [-0.3, -0.25) is 4.79 Å². The fourth-order valence-corrected chi connectivity index (χ4v) is 3.32. The van der Waals surface area contributed by atoms with Gasteiger partial charge in [0, 0.05) is 17.9 Å². The van der Waals surface area contributed by atoms with Crippen molar-refractivity contribution in [1.82, 2.24) is 5.32 Å². The van der Waals surface area contributed by atoms with Crippen LogP contribution in [0.3, 0.4) is 0 Å². The molecule has 1 aliphatic heterocycles. The van der Waals surface area contributed by atoms with Gasteiger partial charge in [0.15, 0.2) is 0 Å². The fourth-order valence-electron chi connectivity index (χ4n) is 2.08. The van der Waals surface area contributed by atoms with Gasteiger partial charge in [-0.1, -0.05) is 6.42 Å². The summed E-state index contributed by atoms with van der Waals surface area (Å²) in [7, 11) is 1.47. The highest BCUT2D eigenvalue weighted by Crippen LogP contribution is 2.24. The Morgan fingerprint density at radius 2 is 2.37 bits per heavy atom. The second-order valence-electron chi connectivity index (χ2n) is 4.54. The lowest BCUT2D eigenvalue weighted by atomic mass is 10.1. The van der Waals surface area contributed by atoms with E-state index in [-0.39, 0.29) is 11.5 Å². The number of halogens is 1. The molecular formula is C14H18FNO2S. The molecule has 19 heavy (non-hydrogen) atoms. The summed E-state index contributed by atoms with van der Waals surface area (Å²) < 4.78 is 18.6. The number of ether oxygens (including phenoxy) is 1. The molecule has 1 aromatic carbocycles. The van der Waals surface area contributed by atoms with Crippen LogP contribution in [0.25, 0.3) is 0 Å². The van der Waals surface area contributed by atoms with Crippen LogP contribution in [0.4, 0.5) is 4.39 Å². The molecule has 1 heterocycles. The number of amides is 1. The molecule has 1 amide bonds. The van der Waals surface area contributed by atoms with E-state index in [1.807, 2.05) is 11.8 Å². The first-order valence-corrected chi connectivity index (χ1v) is 7.49. The summed E-state index contributed by atoms with van der Waals surface area (Å²) in [5, 5.41) is 3.26. The normalized spacial score (nSPS) is 18.9. The first-order chi connectivity index (χ1) is 9.20. The minimum atomic E-state index is -0.548. The van der Waals surface area contributed by atoms with E-state index >= 15 is 0 Å². The zero-order valence-electron chi connectivity index (χ0n) is 10.9. The minimum absolute atomic E-state index is 0.0709. The highest BCUT2D eigenvalue weighted by atomic mass is 32.2. The average molecular weight is 283 g/mol. The first kappa shape index (κ1) is 14.2. The molecular weight excluding hydrogens is 265 g/mol. The summed E-state index contributed by atoms with van der Waals surface area (Å²) in [4.78, 5) is 11.9. The molecule has 3 nitrogen and oxygen atoms in total. The summed E-state index contributed by atoms with van der Waals surface area (Å²) in [6.07, 6.45) is 3.59. The highest BCUT2D eigenvalue weighted by molar-refractivity contribution is 7.99. The van der Waals surface area contributed by atoms with Crippen molar-refractivity contribution in [2.45, 2.75) is 24.5 Å². The van der Waals surface area contributed by atoms with Crippen molar-refractivity contribution in [2.24, 2.45) is 0 Å². The molecule has 1 fully saturated rings. The van der Waals surface area contributed by atoms with Crippen LogP contribution >= 0.6 is 11.8 Å². The summed E-state index contributed by atoms with van der Waals surface area (Å²) >= 11 is 1.88. The second kappa shape index (κ2) is 6.80. The Balaban J connectivity index is 1.92. The number of carbonyl (C=O) groups excluding carboxylic acids is 1. The van der Waals surface area contributed by atoms with E-state index in [9.17, 15) is 9.18 Å². The topological polar surface area (TPSA) is 38.3 Å². The van der Waals surface area contributed by atoms with Gasteiger partial charge in [-0.2, -0.15) is 11.8 Å². The number of benzene rings is 1. The van der Waals surface area contributed by atoms with Crippen LogP contribution in [-0.4, -0.2) is 30.6 Å². The van der Waals surface area contributed by atoms with E-state index in [0.29, 0.717) is 17.5 Å². The van der Waals surface area contributed by atoms with Gasteiger partial charge in [0.2, 0.25) is 0 Å². The molecule has 0 aromatic heterocycles. The summed E-state index contributed by atoms with van der Waals surface area (Å²) in [6, 6.07) is 4.27. The Bertz CT molecular complexity index is 447. The number of nitrogens with one attached hydrogen (secondary N) is 1. The SMILES string of the molecule is COc1ccc(C(=O)NCC2CCCCS2)c(F)c1. The van der Waals surface area contributed by atoms with Crippen molar-refractivity contribution >= 4 is 17.7 Å². The van der Waals surface area contributed by atoms with Crippen LogP contribution < -0.4 is 10.1 Å². The van der Waals surface area contributed by atoms with Crippen LogP contribution in [0.5, 0.6) is 5.75 Å². The summed E-state index contributed by atoms with van der Waals surface area (Å²) in [5.74, 6) is 0.661. The number of hydrogen-bond donors (Lipinski definition) is 1. The molecule has 1 aliphatic rings. The lowest BCUT2D eigenvalue weighted by Crippen LogP contribution is -2.32. The van der Waals surface area contributed by atoms with E-state index in [2.05, 4.69) is 5.32 Å². The summed E-state index contributed by atoms with van der Waals surface area (Å²) in [6.45, 7) is 0.606. The van der Waals surface area contributed by atoms with Gasteiger partial charge in [0.1, 0.15) is 11.6 Å². The van der Waals surface area contributed by atoms with Gasteiger partial charge in [-0.15, -0.1) is 0 Å². The van der Waals surface area contributed by atoms with Gasteiger partial charge < -0.3 is 10.1 Å². The maximum Gasteiger partial charge on any atom is 0.254 e. The molecule has 104 valence electrons. The monoisotopic (exact) mass is 283 g/mol.